The predicted octanol–water partition coefficient (Wildman–Crippen LogP) is 4.07. The van der Waals surface area contributed by atoms with Crippen molar-refractivity contribution in [3.05, 3.63) is 60.2 Å². The summed E-state index contributed by atoms with van der Waals surface area (Å²) in [4.78, 5) is 10.6. The highest BCUT2D eigenvalue weighted by Crippen LogP contribution is 2.27. The van der Waals surface area contributed by atoms with Gasteiger partial charge in [0.05, 0.1) is 6.04 Å². The van der Waals surface area contributed by atoms with Crippen LogP contribution in [0.2, 0.25) is 0 Å². The number of nitrogens with zero attached hydrogens (tertiary/aromatic N) is 7. The van der Waals surface area contributed by atoms with Gasteiger partial charge in [-0.3, -0.25) is 9.55 Å². The van der Waals surface area contributed by atoms with E-state index in [2.05, 4.69) is 25.3 Å². The summed E-state index contributed by atoms with van der Waals surface area (Å²) >= 11 is 0. The molecule has 0 aliphatic carbocycles. The van der Waals surface area contributed by atoms with Gasteiger partial charge in [0.1, 0.15) is 0 Å². The number of pyridine rings is 1. The van der Waals surface area contributed by atoms with E-state index in [1.807, 2.05) is 73.8 Å². The van der Waals surface area contributed by atoms with Crippen LogP contribution in [-0.2, 0) is 7.05 Å². The van der Waals surface area contributed by atoms with Gasteiger partial charge < -0.3 is 9.42 Å². The maximum atomic E-state index is 5.48. The predicted molar refractivity (Wildman–Crippen MR) is 112 cm³/mol. The van der Waals surface area contributed by atoms with Crippen LogP contribution in [0.25, 0.3) is 22.8 Å². The second kappa shape index (κ2) is 8.22. The zero-order valence-corrected chi connectivity index (χ0v) is 16.2. The van der Waals surface area contributed by atoms with Gasteiger partial charge >= 0.3 is 0 Å². The molecule has 1 aromatic carbocycles. The van der Waals surface area contributed by atoms with Gasteiger partial charge in [0.15, 0.2) is 11.6 Å². The van der Waals surface area contributed by atoms with Crippen molar-refractivity contribution in [3.8, 4) is 22.8 Å². The van der Waals surface area contributed by atoms with Crippen LogP contribution in [0.1, 0.15) is 31.8 Å². The second-order valence-corrected chi connectivity index (χ2v) is 6.73. The first-order chi connectivity index (χ1) is 13.5. The summed E-state index contributed by atoms with van der Waals surface area (Å²) in [5, 5.41) is 12.8. The average molecular weight is 391 g/mol. The molecule has 0 saturated carbocycles. The van der Waals surface area contributed by atoms with E-state index >= 15 is 0 Å². The molecule has 3 aromatic heterocycles. The van der Waals surface area contributed by atoms with Crippen LogP contribution in [-0.4, -0.2) is 36.9 Å². The summed E-state index contributed by atoms with van der Waals surface area (Å²) in [5.74, 6) is 2.58. The van der Waals surface area contributed by atoms with Crippen molar-refractivity contribution in [2.45, 2.75) is 27.3 Å². The van der Waals surface area contributed by atoms with E-state index in [9.17, 15) is 0 Å². The monoisotopic (exact) mass is 391 g/mol. The van der Waals surface area contributed by atoms with Gasteiger partial charge in [-0.05, 0) is 38.1 Å². The van der Waals surface area contributed by atoms with Crippen molar-refractivity contribution in [3.63, 3.8) is 0 Å². The number of aryl methyl sites for hydroxylation is 1. The van der Waals surface area contributed by atoms with Gasteiger partial charge in [0.2, 0.25) is 5.95 Å². The fourth-order valence-corrected chi connectivity index (χ4v) is 3.03. The molecule has 1 atom stereocenters. The van der Waals surface area contributed by atoms with Crippen molar-refractivity contribution < 1.29 is 4.52 Å². The van der Waals surface area contributed by atoms with Crippen LogP contribution < -0.4 is 4.90 Å². The van der Waals surface area contributed by atoms with Crippen LogP contribution in [0.3, 0.4) is 0 Å². The lowest BCUT2D eigenvalue weighted by molar-refractivity contribution is 0.416. The number of hydrogen-bond donors (Lipinski definition) is 0. The number of benzene rings is 1. The molecule has 0 N–H and O–H groups in total. The van der Waals surface area contributed by atoms with Crippen LogP contribution >= 0.6 is 0 Å². The molecule has 0 radical (unpaired) electrons. The SMILES string of the molecule is C.Cc1cccc(-c2nc([C@@H](C)N(C)c3nnc(-c4ccncc4)n3C)no2)c1. The molecule has 3 heterocycles. The maximum absolute atomic E-state index is 5.48. The first-order valence-corrected chi connectivity index (χ1v) is 8.98. The smallest absolute Gasteiger partial charge is 0.258 e. The van der Waals surface area contributed by atoms with E-state index in [0.29, 0.717) is 17.7 Å². The summed E-state index contributed by atoms with van der Waals surface area (Å²) in [6.45, 7) is 4.04. The zero-order chi connectivity index (χ0) is 19.7. The Bertz CT molecular complexity index is 1090. The number of rotatable bonds is 5. The Balaban J connectivity index is 0.00000240. The molecule has 0 amide bonds. The summed E-state index contributed by atoms with van der Waals surface area (Å²) < 4.78 is 7.42. The molecule has 0 bridgehead atoms. The highest BCUT2D eigenvalue weighted by molar-refractivity contribution is 5.57. The van der Waals surface area contributed by atoms with Crippen molar-refractivity contribution in [2.75, 3.05) is 11.9 Å². The Morgan fingerprint density at radius 3 is 2.55 bits per heavy atom. The van der Waals surface area contributed by atoms with E-state index in [0.717, 1.165) is 22.5 Å². The Labute approximate surface area is 170 Å². The van der Waals surface area contributed by atoms with Crippen LogP contribution in [0.5, 0.6) is 0 Å². The van der Waals surface area contributed by atoms with E-state index in [1.54, 1.807) is 12.4 Å². The number of anilines is 1. The molecular formula is C21H25N7O. The molecule has 29 heavy (non-hydrogen) atoms. The van der Waals surface area contributed by atoms with Gasteiger partial charge in [-0.25, -0.2) is 0 Å². The van der Waals surface area contributed by atoms with E-state index < -0.39 is 0 Å². The van der Waals surface area contributed by atoms with Crippen LogP contribution in [0.15, 0.2) is 53.3 Å². The molecule has 0 spiro atoms. The largest absolute Gasteiger partial charge is 0.334 e. The van der Waals surface area contributed by atoms with Crippen molar-refractivity contribution in [2.24, 2.45) is 7.05 Å². The molecule has 0 unspecified atom stereocenters. The standard InChI is InChI=1S/C20H21N7O.CH4/c1-13-6-5-7-16(12-13)19-22-17(25-28-19)14(2)26(3)20-24-23-18(27(20)4)15-8-10-21-11-9-15;/h5-12,14H,1-4H3;1H4/t14-;/m1./s1. The maximum Gasteiger partial charge on any atom is 0.258 e. The topological polar surface area (TPSA) is 85.8 Å². The van der Waals surface area contributed by atoms with Gasteiger partial charge in [-0.1, -0.05) is 30.3 Å². The fraction of sp³-hybridized carbons (Fsp3) is 0.286. The summed E-state index contributed by atoms with van der Waals surface area (Å²) in [5.41, 5.74) is 3.01. The molecule has 4 aromatic rings. The molecule has 8 nitrogen and oxygen atoms in total. The Hall–Kier alpha value is -3.55. The van der Waals surface area contributed by atoms with Crippen molar-refractivity contribution >= 4 is 5.95 Å². The average Bonchev–Trinajstić information content (AvgIpc) is 3.35. The van der Waals surface area contributed by atoms with E-state index in [4.69, 9.17) is 4.52 Å². The molecule has 8 heteroatoms. The summed E-state index contributed by atoms with van der Waals surface area (Å²) in [7, 11) is 3.87. The van der Waals surface area contributed by atoms with Gasteiger partial charge in [-0.2, -0.15) is 4.98 Å². The van der Waals surface area contributed by atoms with Crippen molar-refractivity contribution in [1.29, 1.82) is 0 Å². The summed E-state index contributed by atoms with van der Waals surface area (Å²) in [6.07, 6.45) is 3.48. The molecule has 0 saturated heterocycles. The van der Waals surface area contributed by atoms with Gasteiger partial charge in [-0.15, -0.1) is 10.2 Å². The highest BCUT2D eigenvalue weighted by Gasteiger charge is 2.23. The van der Waals surface area contributed by atoms with Crippen LogP contribution in [0.4, 0.5) is 5.95 Å². The van der Waals surface area contributed by atoms with Crippen LogP contribution in [0, 0.1) is 6.92 Å². The lowest BCUT2D eigenvalue weighted by atomic mass is 10.1. The second-order valence-electron chi connectivity index (χ2n) is 6.73. The van der Waals surface area contributed by atoms with Gasteiger partial charge in [0.25, 0.3) is 5.89 Å². The minimum Gasteiger partial charge on any atom is -0.334 e. The summed E-state index contributed by atoms with van der Waals surface area (Å²) in [6, 6.07) is 11.7. The Morgan fingerprint density at radius 2 is 1.83 bits per heavy atom. The van der Waals surface area contributed by atoms with Crippen molar-refractivity contribution in [1.82, 2.24) is 29.9 Å². The third-order valence-electron chi connectivity index (χ3n) is 4.77. The lowest BCUT2D eigenvalue weighted by Gasteiger charge is -2.22. The number of aromatic nitrogens is 6. The minimum atomic E-state index is -0.143. The quantitative estimate of drug-likeness (QED) is 0.507. The Kier molecular flexibility index (Phi) is 5.72. The highest BCUT2D eigenvalue weighted by atomic mass is 16.5. The normalized spacial score (nSPS) is 11.7. The molecule has 0 aliphatic rings. The lowest BCUT2D eigenvalue weighted by Crippen LogP contribution is -2.25. The molecule has 0 aliphatic heterocycles. The molecule has 150 valence electrons. The number of hydrogen-bond acceptors (Lipinski definition) is 7. The first-order valence-electron chi connectivity index (χ1n) is 8.98. The third kappa shape index (κ3) is 3.87. The minimum absolute atomic E-state index is 0. The third-order valence-corrected chi connectivity index (χ3v) is 4.77. The first kappa shape index (κ1) is 20.2. The fourth-order valence-electron chi connectivity index (χ4n) is 3.03. The van der Waals surface area contributed by atoms with Gasteiger partial charge in [0, 0.05) is 37.6 Å². The van der Waals surface area contributed by atoms with E-state index in [-0.39, 0.29) is 13.5 Å². The zero-order valence-electron chi connectivity index (χ0n) is 16.2. The molecule has 4 rings (SSSR count). The van der Waals surface area contributed by atoms with E-state index in [1.165, 1.54) is 0 Å². The molecular weight excluding hydrogens is 366 g/mol. The molecule has 0 fully saturated rings. The Morgan fingerprint density at radius 1 is 1.07 bits per heavy atom.